The molecule has 0 atom stereocenters. The van der Waals surface area contributed by atoms with Gasteiger partial charge in [-0.15, -0.1) is 0 Å². The minimum Gasteiger partial charge on any atom is -0.384 e. The maximum Gasteiger partial charge on any atom is 0.244 e. The lowest BCUT2D eigenvalue weighted by Gasteiger charge is -2.17. The highest BCUT2D eigenvalue weighted by molar-refractivity contribution is 7.89. The van der Waals surface area contributed by atoms with Crippen molar-refractivity contribution >= 4 is 10.0 Å². The van der Waals surface area contributed by atoms with Crippen LogP contribution in [0, 0.1) is 11.8 Å². The smallest absolute Gasteiger partial charge is 0.244 e. The molecule has 1 aromatic heterocycles. The van der Waals surface area contributed by atoms with Crippen LogP contribution in [-0.4, -0.2) is 41.7 Å². The highest BCUT2D eigenvalue weighted by Crippen LogP contribution is 2.20. The Bertz CT molecular complexity index is 758. The van der Waals surface area contributed by atoms with E-state index in [2.05, 4.69) is 22.0 Å². The van der Waals surface area contributed by atoms with Gasteiger partial charge in [0.05, 0.1) is 11.1 Å². The normalized spacial score (nSPS) is 11.2. The first-order valence-electron chi connectivity index (χ1n) is 6.18. The van der Waals surface area contributed by atoms with Gasteiger partial charge >= 0.3 is 0 Å². The van der Waals surface area contributed by atoms with Crippen LogP contribution in [0.1, 0.15) is 11.1 Å². The third-order valence-corrected chi connectivity index (χ3v) is 4.70. The van der Waals surface area contributed by atoms with Gasteiger partial charge in [0.15, 0.2) is 0 Å². The van der Waals surface area contributed by atoms with Crippen molar-refractivity contribution in [2.45, 2.75) is 11.4 Å². The standard InChI is InChI=1S/C14H15N3O3S/c1-17(11-12-9-15-16-10-12)21(19,20)14-7-3-2-5-13(14)6-4-8-18/h2-3,5,7,9-10,18H,8,11H2,1H3,(H,15,16). The van der Waals surface area contributed by atoms with Gasteiger partial charge in [-0.05, 0) is 12.1 Å². The Kier molecular flexibility index (Phi) is 4.75. The number of aromatic nitrogens is 2. The summed E-state index contributed by atoms with van der Waals surface area (Å²) in [6.45, 7) is -0.111. The van der Waals surface area contributed by atoms with Gasteiger partial charge in [0.1, 0.15) is 6.61 Å². The molecule has 0 spiro atoms. The number of aliphatic hydroxyl groups is 1. The van der Waals surface area contributed by atoms with Crippen molar-refractivity contribution in [3.63, 3.8) is 0 Å². The molecule has 21 heavy (non-hydrogen) atoms. The molecule has 0 aliphatic heterocycles. The summed E-state index contributed by atoms with van der Waals surface area (Å²) in [5, 5.41) is 15.2. The minimum atomic E-state index is -3.67. The summed E-state index contributed by atoms with van der Waals surface area (Å²) in [4.78, 5) is 0.122. The first kappa shape index (κ1) is 15.3. The predicted molar refractivity (Wildman–Crippen MR) is 77.6 cm³/mol. The highest BCUT2D eigenvalue weighted by atomic mass is 32.2. The summed E-state index contributed by atoms with van der Waals surface area (Å²) in [5.41, 5.74) is 1.13. The molecule has 1 heterocycles. The first-order valence-corrected chi connectivity index (χ1v) is 7.62. The fourth-order valence-corrected chi connectivity index (χ4v) is 3.11. The van der Waals surface area contributed by atoms with E-state index < -0.39 is 10.0 Å². The Morgan fingerprint density at radius 3 is 2.81 bits per heavy atom. The van der Waals surface area contributed by atoms with Crippen LogP contribution in [0.25, 0.3) is 0 Å². The van der Waals surface area contributed by atoms with Gasteiger partial charge in [-0.3, -0.25) is 5.10 Å². The number of hydrogen-bond acceptors (Lipinski definition) is 4. The number of H-pyrrole nitrogens is 1. The van der Waals surface area contributed by atoms with Crippen LogP contribution in [0.15, 0.2) is 41.6 Å². The van der Waals surface area contributed by atoms with E-state index in [-0.39, 0.29) is 18.0 Å². The van der Waals surface area contributed by atoms with Crippen LogP contribution in [0.3, 0.4) is 0 Å². The Morgan fingerprint density at radius 1 is 1.38 bits per heavy atom. The Morgan fingerprint density at radius 2 is 2.14 bits per heavy atom. The molecule has 110 valence electrons. The molecular formula is C14H15N3O3S. The quantitative estimate of drug-likeness (QED) is 0.809. The molecule has 0 aliphatic carbocycles. The van der Waals surface area contributed by atoms with Gasteiger partial charge in [0.2, 0.25) is 10.0 Å². The maximum atomic E-state index is 12.6. The second-order valence-corrected chi connectivity index (χ2v) is 6.34. The fourth-order valence-electron chi connectivity index (χ4n) is 1.80. The molecule has 0 saturated carbocycles. The zero-order valence-electron chi connectivity index (χ0n) is 11.4. The zero-order valence-corrected chi connectivity index (χ0v) is 12.3. The van der Waals surface area contributed by atoms with E-state index in [0.717, 1.165) is 5.56 Å². The van der Waals surface area contributed by atoms with Gasteiger partial charge in [-0.25, -0.2) is 8.42 Å². The van der Waals surface area contributed by atoms with E-state index in [1.165, 1.54) is 17.4 Å². The van der Waals surface area contributed by atoms with Crippen molar-refractivity contribution in [1.82, 2.24) is 14.5 Å². The molecule has 7 heteroatoms. The van der Waals surface area contributed by atoms with Gasteiger partial charge in [0, 0.05) is 30.9 Å². The third-order valence-electron chi connectivity index (χ3n) is 2.84. The summed E-state index contributed by atoms with van der Waals surface area (Å²) < 4.78 is 26.4. The fraction of sp³-hybridized carbons (Fsp3) is 0.214. The number of benzene rings is 1. The summed E-state index contributed by atoms with van der Waals surface area (Å²) in [7, 11) is -2.17. The maximum absolute atomic E-state index is 12.6. The van der Waals surface area contributed by atoms with Crippen LogP contribution in [-0.2, 0) is 16.6 Å². The van der Waals surface area contributed by atoms with Crippen molar-refractivity contribution in [2.75, 3.05) is 13.7 Å². The van der Waals surface area contributed by atoms with Crippen LogP contribution in [0.4, 0.5) is 0 Å². The summed E-state index contributed by atoms with van der Waals surface area (Å²) in [6.07, 6.45) is 3.22. The topological polar surface area (TPSA) is 86.3 Å². The number of aromatic amines is 1. The third kappa shape index (κ3) is 3.49. The van der Waals surface area contributed by atoms with E-state index in [9.17, 15) is 8.42 Å². The van der Waals surface area contributed by atoms with E-state index in [0.29, 0.717) is 5.56 Å². The summed E-state index contributed by atoms with van der Waals surface area (Å²) in [6, 6.07) is 6.46. The van der Waals surface area contributed by atoms with Crippen LogP contribution in [0.5, 0.6) is 0 Å². The van der Waals surface area contributed by atoms with E-state index >= 15 is 0 Å². The zero-order chi connectivity index (χ0) is 15.3. The number of sulfonamides is 1. The van der Waals surface area contributed by atoms with Crippen molar-refractivity contribution < 1.29 is 13.5 Å². The number of hydrogen-bond donors (Lipinski definition) is 2. The molecular weight excluding hydrogens is 290 g/mol. The molecule has 0 fully saturated rings. The first-order chi connectivity index (χ1) is 10.1. The van der Waals surface area contributed by atoms with E-state index in [4.69, 9.17) is 5.11 Å². The highest BCUT2D eigenvalue weighted by Gasteiger charge is 2.23. The lowest BCUT2D eigenvalue weighted by atomic mass is 10.2. The Hall–Kier alpha value is -2.14. The van der Waals surface area contributed by atoms with Crippen molar-refractivity contribution in [1.29, 1.82) is 0 Å². The van der Waals surface area contributed by atoms with Crippen LogP contribution >= 0.6 is 0 Å². The summed E-state index contributed by atoms with van der Waals surface area (Å²) in [5.74, 6) is 5.13. The number of nitrogens with one attached hydrogen (secondary N) is 1. The van der Waals surface area contributed by atoms with Crippen molar-refractivity contribution in [3.05, 3.63) is 47.8 Å². The number of rotatable bonds is 4. The van der Waals surface area contributed by atoms with Crippen molar-refractivity contribution in [3.8, 4) is 11.8 Å². The molecule has 0 amide bonds. The molecule has 2 rings (SSSR count). The molecule has 2 aromatic rings. The van der Waals surface area contributed by atoms with Gasteiger partial charge in [-0.2, -0.15) is 9.40 Å². The van der Waals surface area contributed by atoms with Crippen LogP contribution < -0.4 is 0 Å². The molecule has 0 aliphatic rings. The predicted octanol–water partition coefficient (Wildman–Crippen LogP) is 0.574. The van der Waals surface area contributed by atoms with Crippen molar-refractivity contribution in [2.24, 2.45) is 0 Å². The molecule has 2 N–H and O–H groups in total. The Balaban J connectivity index is 2.35. The second-order valence-electron chi connectivity index (χ2n) is 4.32. The summed E-state index contributed by atoms with van der Waals surface area (Å²) >= 11 is 0. The lowest BCUT2D eigenvalue weighted by Crippen LogP contribution is -2.27. The van der Waals surface area contributed by atoms with Gasteiger partial charge < -0.3 is 5.11 Å². The average Bonchev–Trinajstić information content (AvgIpc) is 2.98. The van der Waals surface area contributed by atoms with Gasteiger partial charge in [-0.1, -0.05) is 24.0 Å². The molecule has 6 nitrogen and oxygen atoms in total. The van der Waals surface area contributed by atoms with Gasteiger partial charge in [0.25, 0.3) is 0 Å². The molecule has 0 unspecified atom stereocenters. The number of aliphatic hydroxyl groups excluding tert-OH is 1. The second kappa shape index (κ2) is 6.54. The Labute approximate surface area is 123 Å². The number of nitrogens with zero attached hydrogens (tertiary/aromatic N) is 2. The largest absolute Gasteiger partial charge is 0.384 e. The monoisotopic (exact) mass is 305 g/mol. The molecule has 1 aromatic carbocycles. The van der Waals surface area contributed by atoms with E-state index in [1.54, 1.807) is 30.6 Å². The average molecular weight is 305 g/mol. The molecule has 0 radical (unpaired) electrons. The molecule has 0 bridgehead atoms. The van der Waals surface area contributed by atoms with E-state index in [1.807, 2.05) is 0 Å². The molecule has 0 saturated heterocycles. The SMILES string of the molecule is CN(Cc1cn[nH]c1)S(=O)(=O)c1ccccc1C#CCO. The van der Waals surface area contributed by atoms with Crippen LogP contribution in [0.2, 0.25) is 0 Å². The lowest BCUT2D eigenvalue weighted by molar-refractivity contribution is 0.350. The minimum absolute atomic E-state index is 0.122.